The van der Waals surface area contributed by atoms with Crippen molar-refractivity contribution in [2.75, 3.05) is 4.90 Å². The van der Waals surface area contributed by atoms with Crippen LogP contribution in [-0.2, 0) is 4.79 Å². The number of hydrogen-bond acceptors (Lipinski definition) is 2. The van der Waals surface area contributed by atoms with Crippen LogP contribution in [0.4, 0.5) is 14.5 Å². The molecule has 90 valence electrons. The highest BCUT2D eigenvalue weighted by Crippen LogP contribution is 2.38. The fraction of sp³-hybridized carbons (Fsp3) is 0.462. The Kier molecular flexibility index (Phi) is 2.38. The van der Waals surface area contributed by atoms with Gasteiger partial charge in [-0.3, -0.25) is 4.79 Å². The predicted octanol–water partition coefficient (Wildman–Crippen LogP) is 2.67. The lowest BCUT2D eigenvalue weighted by Gasteiger charge is -2.36. The van der Waals surface area contributed by atoms with E-state index in [1.54, 1.807) is 0 Å². The number of fused-ring (bicyclic) bond motifs is 2. The molecule has 1 aromatic rings. The average molecular weight is 237 g/mol. The van der Waals surface area contributed by atoms with Gasteiger partial charge in [0.2, 0.25) is 0 Å². The van der Waals surface area contributed by atoms with Gasteiger partial charge in [-0.2, -0.15) is 0 Å². The summed E-state index contributed by atoms with van der Waals surface area (Å²) in [7, 11) is 0. The summed E-state index contributed by atoms with van der Waals surface area (Å²) in [6.45, 7) is 0. The summed E-state index contributed by atoms with van der Waals surface area (Å²) < 4.78 is 26.4. The molecule has 2 aliphatic heterocycles. The molecule has 2 atom stereocenters. The van der Waals surface area contributed by atoms with Crippen LogP contribution < -0.4 is 4.90 Å². The summed E-state index contributed by atoms with van der Waals surface area (Å²) in [5, 5.41) is 0. The molecule has 0 N–H and O–H groups in total. The minimum Gasteiger partial charge on any atom is -0.365 e. The van der Waals surface area contributed by atoms with E-state index in [0.717, 1.165) is 18.9 Å². The Hall–Kier alpha value is -1.45. The summed E-state index contributed by atoms with van der Waals surface area (Å²) in [6, 6.07) is 3.83. The van der Waals surface area contributed by atoms with Crippen LogP contribution in [-0.4, -0.2) is 17.9 Å². The lowest BCUT2D eigenvalue weighted by Crippen LogP contribution is -2.43. The predicted molar refractivity (Wildman–Crippen MR) is 59.9 cm³/mol. The molecule has 0 aromatic heterocycles. The maximum absolute atomic E-state index is 13.2. The Bertz CT molecular complexity index is 438. The molecular weight excluding hydrogens is 224 g/mol. The third-order valence-electron chi connectivity index (χ3n) is 3.69. The smallest absolute Gasteiger partial charge is 0.137 e. The van der Waals surface area contributed by atoms with Crippen LogP contribution in [0.2, 0.25) is 0 Å². The number of nitrogens with zero attached hydrogens (tertiary/aromatic N) is 1. The zero-order valence-corrected chi connectivity index (χ0v) is 9.33. The van der Waals surface area contributed by atoms with Gasteiger partial charge >= 0.3 is 0 Å². The molecule has 2 aliphatic rings. The Morgan fingerprint density at radius 1 is 1.00 bits per heavy atom. The summed E-state index contributed by atoms with van der Waals surface area (Å²) in [6.07, 6.45) is 2.90. The van der Waals surface area contributed by atoms with Crippen molar-refractivity contribution >= 4 is 11.5 Å². The molecule has 0 saturated carbocycles. The van der Waals surface area contributed by atoms with Crippen molar-refractivity contribution in [3.05, 3.63) is 29.8 Å². The highest BCUT2D eigenvalue weighted by molar-refractivity contribution is 5.83. The van der Waals surface area contributed by atoms with E-state index in [2.05, 4.69) is 0 Å². The molecule has 1 aromatic carbocycles. The van der Waals surface area contributed by atoms with Crippen LogP contribution in [0.5, 0.6) is 0 Å². The molecule has 0 spiro atoms. The lowest BCUT2D eigenvalue weighted by atomic mass is 10.0. The van der Waals surface area contributed by atoms with E-state index in [4.69, 9.17) is 0 Å². The third-order valence-corrected chi connectivity index (χ3v) is 3.69. The van der Waals surface area contributed by atoms with E-state index in [1.165, 1.54) is 12.1 Å². The lowest BCUT2D eigenvalue weighted by molar-refractivity contribution is -0.120. The Balaban J connectivity index is 1.97. The first kappa shape index (κ1) is 10.7. The number of ketones is 1. The van der Waals surface area contributed by atoms with E-state index in [0.29, 0.717) is 18.5 Å². The highest BCUT2D eigenvalue weighted by atomic mass is 19.1. The van der Waals surface area contributed by atoms with Gasteiger partial charge in [0.25, 0.3) is 0 Å². The van der Waals surface area contributed by atoms with Gasteiger partial charge in [-0.1, -0.05) is 0 Å². The molecule has 3 rings (SSSR count). The minimum absolute atomic E-state index is 0.127. The number of carbonyl (C=O) groups excluding carboxylic acids is 1. The van der Waals surface area contributed by atoms with Crippen LogP contribution in [0.1, 0.15) is 25.7 Å². The molecule has 4 heteroatoms. The summed E-state index contributed by atoms with van der Waals surface area (Å²) in [5.74, 6) is -0.849. The first-order valence-electron chi connectivity index (χ1n) is 5.89. The molecule has 2 unspecified atom stereocenters. The standard InChI is InChI=1S/C13H13F2NO/c14-8-3-9(15)5-12(4-8)16-10-1-2-11(16)7-13(17)6-10/h3-5,10-11H,1-2,6-7H2. The van der Waals surface area contributed by atoms with Gasteiger partial charge in [0.1, 0.15) is 17.4 Å². The molecule has 0 aliphatic carbocycles. The van der Waals surface area contributed by atoms with Crippen molar-refractivity contribution in [1.82, 2.24) is 0 Å². The van der Waals surface area contributed by atoms with Crippen molar-refractivity contribution in [3.63, 3.8) is 0 Å². The number of carbonyl (C=O) groups is 1. The molecule has 17 heavy (non-hydrogen) atoms. The molecule has 0 amide bonds. The van der Waals surface area contributed by atoms with Gasteiger partial charge in [-0.25, -0.2) is 8.78 Å². The first-order valence-corrected chi connectivity index (χ1v) is 5.89. The van der Waals surface area contributed by atoms with Gasteiger partial charge in [-0.15, -0.1) is 0 Å². The SMILES string of the molecule is O=C1CC2CCC(C1)N2c1cc(F)cc(F)c1. The van der Waals surface area contributed by atoms with Crippen molar-refractivity contribution in [2.45, 2.75) is 37.8 Å². The van der Waals surface area contributed by atoms with Crippen molar-refractivity contribution < 1.29 is 13.6 Å². The van der Waals surface area contributed by atoms with Crippen molar-refractivity contribution in [2.24, 2.45) is 0 Å². The maximum atomic E-state index is 13.2. The molecule has 2 fully saturated rings. The van der Waals surface area contributed by atoms with Crippen LogP contribution >= 0.6 is 0 Å². The molecular formula is C13H13F2NO. The Morgan fingerprint density at radius 3 is 2.06 bits per heavy atom. The van der Waals surface area contributed by atoms with E-state index in [-0.39, 0.29) is 17.9 Å². The van der Waals surface area contributed by atoms with E-state index in [1.807, 2.05) is 4.90 Å². The number of benzene rings is 1. The second kappa shape index (κ2) is 3.79. The topological polar surface area (TPSA) is 20.3 Å². The fourth-order valence-electron chi connectivity index (χ4n) is 3.08. The molecule has 0 radical (unpaired) electrons. The van der Waals surface area contributed by atoms with Crippen LogP contribution in [0.3, 0.4) is 0 Å². The number of rotatable bonds is 1. The van der Waals surface area contributed by atoms with Crippen LogP contribution in [0, 0.1) is 11.6 Å². The summed E-state index contributed by atoms with van der Waals surface area (Å²) in [4.78, 5) is 13.5. The first-order chi connectivity index (χ1) is 8.13. The van der Waals surface area contributed by atoms with Gasteiger partial charge in [-0.05, 0) is 25.0 Å². The Morgan fingerprint density at radius 2 is 1.53 bits per heavy atom. The largest absolute Gasteiger partial charge is 0.365 e. The zero-order chi connectivity index (χ0) is 12.0. The number of piperidine rings is 1. The van der Waals surface area contributed by atoms with E-state index < -0.39 is 11.6 Å². The molecule has 2 nitrogen and oxygen atoms in total. The van der Waals surface area contributed by atoms with E-state index >= 15 is 0 Å². The number of anilines is 1. The normalized spacial score (nSPS) is 27.6. The molecule has 2 saturated heterocycles. The van der Waals surface area contributed by atoms with Crippen molar-refractivity contribution in [3.8, 4) is 0 Å². The van der Waals surface area contributed by atoms with Gasteiger partial charge in [0, 0.05) is 36.7 Å². The monoisotopic (exact) mass is 237 g/mol. The summed E-state index contributed by atoms with van der Waals surface area (Å²) >= 11 is 0. The average Bonchev–Trinajstić information content (AvgIpc) is 2.50. The van der Waals surface area contributed by atoms with Gasteiger partial charge in [0.15, 0.2) is 0 Å². The minimum atomic E-state index is -0.559. The quantitative estimate of drug-likeness (QED) is 0.748. The second-order valence-electron chi connectivity index (χ2n) is 4.87. The van der Waals surface area contributed by atoms with E-state index in [9.17, 15) is 13.6 Å². The Labute approximate surface area is 98.2 Å². The summed E-state index contributed by atoms with van der Waals surface area (Å²) in [5.41, 5.74) is 0.572. The van der Waals surface area contributed by atoms with Crippen LogP contribution in [0.15, 0.2) is 18.2 Å². The fourth-order valence-corrected chi connectivity index (χ4v) is 3.08. The number of Topliss-reactive ketones (excluding diaryl/α,β-unsaturated/α-hetero) is 1. The second-order valence-corrected chi connectivity index (χ2v) is 4.87. The number of halogens is 2. The van der Waals surface area contributed by atoms with Gasteiger partial charge < -0.3 is 4.90 Å². The zero-order valence-electron chi connectivity index (χ0n) is 9.33. The van der Waals surface area contributed by atoms with Gasteiger partial charge in [0.05, 0.1) is 0 Å². The molecule has 2 bridgehead atoms. The van der Waals surface area contributed by atoms with Crippen LogP contribution in [0.25, 0.3) is 0 Å². The number of hydrogen-bond donors (Lipinski definition) is 0. The van der Waals surface area contributed by atoms with Crippen molar-refractivity contribution in [1.29, 1.82) is 0 Å². The third kappa shape index (κ3) is 1.81. The maximum Gasteiger partial charge on any atom is 0.137 e. The highest BCUT2D eigenvalue weighted by Gasteiger charge is 2.40. The molecule has 2 heterocycles.